The molecule has 1 saturated carbocycles. The first-order chi connectivity index (χ1) is 13.1. The van der Waals surface area contributed by atoms with Gasteiger partial charge in [-0.25, -0.2) is 9.59 Å². The van der Waals surface area contributed by atoms with Crippen LogP contribution in [0.3, 0.4) is 0 Å². The van der Waals surface area contributed by atoms with Gasteiger partial charge in [-0.3, -0.25) is 0 Å². The number of aliphatic hydroxyl groups is 1. The summed E-state index contributed by atoms with van der Waals surface area (Å²) < 4.78 is 18.5. The molecule has 0 aromatic rings. The molecule has 2 saturated heterocycles. The standard InChI is InChI=1S/C22H34O6/c1-7-13(4)20(25)27-19-18-14(5)8-9-15(18)21(6)16(26-17(24)11-23)10-22(19,28-21)12(2)3/h7,12,14-16,18-19,23H,8-11H2,1-6H3/b13-7-/t14-,15-,16-,18-,19+,21+,22-/m1/s1. The van der Waals surface area contributed by atoms with E-state index in [1.807, 2.05) is 13.8 Å². The fraction of sp³-hybridized carbons (Fsp3) is 0.818. The maximum atomic E-state index is 12.7. The Balaban J connectivity index is 2.04. The molecule has 1 N–H and O–H groups in total. The Hall–Kier alpha value is -1.40. The van der Waals surface area contributed by atoms with Crippen LogP contribution in [-0.4, -0.2) is 47.1 Å². The Kier molecular flexibility index (Phi) is 5.67. The molecule has 158 valence electrons. The van der Waals surface area contributed by atoms with E-state index in [4.69, 9.17) is 14.2 Å². The summed E-state index contributed by atoms with van der Waals surface area (Å²) in [6, 6.07) is 0. The molecular weight excluding hydrogens is 360 g/mol. The van der Waals surface area contributed by atoms with E-state index in [0.29, 0.717) is 17.9 Å². The maximum Gasteiger partial charge on any atom is 0.333 e. The van der Waals surface area contributed by atoms with Crippen LogP contribution in [0.1, 0.15) is 60.8 Å². The summed E-state index contributed by atoms with van der Waals surface area (Å²) in [5.41, 5.74) is -0.766. The number of hydrogen-bond acceptors (Lipinski definition) is 6. The van der Waals surface area contributed by atoms with Crippen LogP contribution < -0.4 is 0 Å². The molecule has 0 aromatic carbocycles. The van der Waals surface area contributed by atoms with Gasteiger partial charge >= 0.3 is 11.9 Å². The van der Waals surface area contributed by atoms with Gasteiger partial charge in [0.25, 0.3) is 0 Å². The zero-order chi connectivity index (χ0) is 20.9. The van der Waals surface area contributed by atoms with Gasteiger partial charge in [-0.1, -0.05) is 26.8 Å². The number of ether oxygens (including phenoxy) is 3. The number of hydrogen-bond donors (Lipinski definition) is 1. The van der Waals surface area contributed by atoms with Crippen LogP contribution in [0.4, 0.5) is 0 Å². The second-order valence-corrected chi connectivity index (χ2v) is 9.27. The molecule has 0 unspecified atom stereocenters. The van der Waals surface area contributed by atoms with E-state index >= 15 is 0 Å². The highest BCUT2D eigenvalue weighted by Gasteiger charge is 2.72. The second-order valence-electron chi connectivity index (χ2n) is 9.27. The van der Waals surface area contributed by atoms with Gasteiger partial charge < -0.3 is 19.3 Å². The highest BCUT2D eigenvalue weighted by atomic mass is 16.6. The van der Waals surface area contributed by atoms with E-state index in [1.54, 1.807) is 13.0 Å². The molecule has 0 aromatic heterocycles. The summed E-state index contributed by atoms with van der Waals surface area (Å²) in [6.07, 6.45) is 3.36. The van der Waals surface area contributed by atoms with Gasteiger partial charge in [0.1, 0.15) is 30.0 Å². The number of allylic oxidation sites excluding steroid dienone is 1. The van der Waals surface area contributed by atoms with Crippen molar-refractivity contribution >= 4 is 11.9 Å². The molecule has 2 aliphatic heterocycles. The Morgan fingerprint density at radius 1 is 1.29 bits per heavy atom. The van der Waals surface area contributed by atoms with Gasteiger partial charge in [0, 0.05) is 17.9 Å². The van der Waals surface area contributed by atoms with Gasteiger partial charge in [-0.2, -0.15) is 0 Å². The van der Waals surface area contributed by atoms with Gasteiger partial charge in [0.2, 0.25) is 0 Å². The fourth-order valence-electron chi connectivity index (χ4n) is 5.77. The van der Waals surface area contributed by atoms with Crippen molar-refractivity contribution in [3.63, 3.8) is 0 Å². The summed E-state index contributed by atoms with van der Waals surface area (Å²) >= 11 is 0. The molecule has 3 aliphatic rings. The second kappa shape index (κ2) is 7.45. The molecule has 0 radical (unpaired) electrons. The summed E-state index contributed by atoms with van der Waals surface area (Å²) in [6.45, 7) is 11.3. The van der Waals surface area contributed by atoms with Crippen LogP contribution >= 0.6 is 0 Å². The van der Waals surface area contributed by atoms with E-state index in [-0.39, 0.29) is 29.8 Å². The average Bonchev–Trinajstić information content (AvgIpc) is 3.16. The minimum absolute atomic E-state index is 0.0714. The summed E-state index contributed by atoms with van der Waals surface area (Å²) in [5.74, 6) is -0.190. The van der Waals surface area contributed by atoms with Crippen LogP contribution in [0.25, 0.3) is 0 Å². The van der Waals surface area contributed by atoms with E-state index in [9.17, 15) is 14.7 Å². The SMILES string of the molecule is C/C=C(/C)C(=O)O[C@H]1[C@@H]2[C@H](C)CC[C@H]2[C@]2(C)O[C@@]1(C(C)C)C[C@H]2OC(=O)CO. The van der Waals surface area contributed by atoms with Gasteiger partial charge in [-0.05, 0) is 51.4 Å². The molecule has 7 atom stereocenters. The van der Waals surface area contributed by atoms with Crippen molar-refractivity contribution in [1.82, 2.24) is 0 Å². The monoisotopic (exact) mass is 394 g/mol. The van der Waals surface area contributed by atoms with E-state index in [2.05, 4.69) is 20.8 Å². The molecule has 2 bridgehead atoms. The first-order valence-electron chi connectivity index (χ1n) is 10.4. The third-order valence-corrected chi connectivity index (χ3v) is 7.54. The van der Waals surface area contributed by atoms with Crippen molar-refractivity contribution in [3.05, 3.63) is 11.6 Å². The largest absolute Gasteiger partial charge is 0.457 e. The maximum absolute atomic E-state index is 12.7. The molecule has 0 amide bonds. The number of aliphatic hydroxyl groups excluding tert-OH is 1. The van der Waals surface area contributed by atoms with Gasteiger partial charge in [0.05, 0.1) is 0 Å². The zero-order valence-corrected chi connectivity index (χ0v) is 17.9. The summed E-state index contributed by atoms with van der Waals surface area (Å²) in [4.78, 5) is 24.6. The third-order valence-electron chi connectivity index (χ3n) is 7.54. The van der Waals surface area contributed by atoms with Crippen molar-refractivity contribution in [2.75, 3.05) is 6.61 Å². The highest BCUT2D eigenvalue weighted by molar-refractivity contribution is 5.87. The Morgan fingerprint density at radius 3 is 2.54 bits per heavy atom. The third kappa shape index (κ3) is 3.09. The zero-order valence-electron chi connectivity index (χ0n) is 17.9. The Bertz CT molecular complexity index is 670. The van der Waals surface area contributed by atoms with Crippen molar-refractivity contribution in [2.24, 2.45) is 23.7 Å². The fourth-order valence-corrected chi connectivity index (χ4v) is 5.77. The van der Waals surface area contributed by atoms with Crippen LogP contribution in [0.5, 0.6) is 0 Å². The predicted octanol–water partition coefficient (Wildman–Crippen LogP) is 3.02. The van der Waals surface area contributed by atoms with Crippen molar-refractivity contribution in [1.29, 1.82) is 0 Å². The smallest absolute Gasteiger partial charge is 0.333 e. The number of fused-ring (bicyclic) bond motifs is 4. The average molecular weight is 395 g/mol. The summed E-state index contributed by atoms with van der Waals surface area (Å²) in [7, 11) is 0. The molecule has 0 spiro atoms. The van der Waals surface area contributed by atoms with Gasteiger partial charge in [-0.15, -0.1) is 0 Å². The highest BCUT2D eigenvalue weighted by Crippen LogP contribution is 2.63. The minimum Gasteiger partial charge on any atom is -0.457 e. The van der Waals surface area contributed by atoms with Crippen LogP contribution in [0, 0.1) is 23.7 Å². The van der Waals surface area contributed by atoms with Crippen molar-refractivity contribution in [2.45, 2.75) is 84.2 Å². The van der Waals surface area contributed by atoms with Crippen LogP contribution in [0.2, 0.25) is 0 Å². The van der Waals surface area contributed by atoms with E-state index in [1.165, 1.54) is 0 Å². The predicted molar refractivity (Wildman–Crippen MR) is 103 cm³/mol. The normalized spacial score (nSPS) is 42.4. The molecule has 3 rings (SSSR count). The number of esters is 2. The van der Waals surface area contributed by atoms with Crippen molar-refractivity contribution in [3.8, 4) is 0 Å². The quantitative estimate of drug-likeness (QED) is 0.570. The van der Waals surface area contributed by atoms with Crippen LogP contribution in [-0.2, 0) is 23.8 Å². The summed E-state index contributed by atoms with van der Waals surface area (Å²) in [5, 5.41) is 9.19. The molecular formula is C22H34O6. The van der Waals surface area contributed by atoms with E-state index < -0.39 is 29.9 Å². The van der Waals surface area contributed by atoms with Crippen LogP contribution in [0.15, 0.2) is 11.6 Å². The lowest BCUT2D eigenvalue weighted by molar-refractivity contribution is -0.265. The molecule has 2 heterocycles. The molecule has 28 heavy (non-hydrogen) atoms. The minimum atomic E-state index is -0.710. The lowest BCUT2D eigenvalue weighted by Crippen LogP contribution is -2.62. The number of carbonyl (C=O) groups is 2. The first-order valence-corrected chi connectivity index (χ1v) is 10.4. The molecule has 6 heteroatoms. The topological polar surface area (TPSA) is 82.1 Å². The molecule has 3 fully saturated rings. The number of rotatable bonds is 5. The Morgan fingerprint density at radius 2 is 1.96 bits per heavy atom. The van der Waals surface area contributed by atoms with E-state index in [0.717, 1.165) is 12.8 Å². The van der Waals surface area contributed by atoms with Gasteiger partial charge in [0.15, 0.2) is 0 Å². The lowest BCUT2D eigenvalue weighted by atomic mass is 9.69. The molecule has 6 nitrogen and oxygen atoms in total. The Labute approximate surface area is 167 Å². The first kappa shape index (κ1) is 21.3. The number of carbonyl (C=O) groups excluding carboxylic acids is 2. The molecule has 1 aliphatic carbocycles. The van der Waals surface area contributed by atoms with Crippen molar-refractivity contribution < 1.29 is 28.9 Å². The lowest BCUT2D eigenvalue weighted by Gasteiger charge is -2.53.